The molecule has 194 valence electrons. The van der Waals surface area contributed by atoms with Gasteiger partial charge in [-0.1, -0.05) is 0 Å². The Labute approximate surface area is 214 Å². The number of H-pyrrole nitrogens is 1. The van der Waals surface area contributed by atoms with Crippen LogP contribution in [0.25, 0.3) is 32.8 Å². The number of fused-ring (bicyclic) bond motifs is 1. The van der Waals surface area contributed by atoms with E-state index in [0.717, 1.165) is 17.4 Å². The lowest BCUT2D eigenvalue weighted by molar-refractivity contribution is -0.0498. The van der Waals surface area contributed by atoms with Crippen molar-refractivity contribution in [3.05, 3.63) is 71.1 Å². The van der Waals surface area contributed by atoms with Crippen molar-refractivity contribution in [1.29, 1.82) is 0 Å². The molecule has 0 atom stereocenters. The maximum atomic E-state index is 13.5. The summed E-state index contributed by atoms with van der Waals surface area (Å²) in [5.41, 5.74) is 5.96. The second-order valence-corrected chi connectivity index (χ2v) is 8.75. The van der Waals surface area contributed by atoms with Gasteiger partial charge in [-0.25, -0.2) is 13.8 Å². The van der Waals surface area contributed by atoms with Crippen molar-refractivity contribution in [3.8, 4) is 28.3 Å². The summed E-state index contributed by atoms with van der Waals surface area (Å²) in [5, 5.41) is 9.43. The van der Waals surface area contributed by atoms with Crippen molar-refractivity contribution < 1.29 is 36.3 Å². The van der Waals surface area contributed by atoms with Crippen molar-refractivity contribution in [2.45, 2.75) is 13.0 Å². The molecule has 4 aromatic heterocycles. The number of carbonyl (C=O) groups is 2. The molecular weight excluding hydrogens is 530 g/mol. The van der Waals surface area contributed by atoms with Gasteiger partial charge < -0.3 is 20.2 Å². The molecule has 14 heteroatoms. The fourth-order valence-corrected chi connectivity index (χ4v) is 4.74. The van der Waals surface area contributed by atoms with Gasteiger partial charge in [-0.05, 0) is 48.5 Å². The Morgan fingerprint density at radius 3 is 2.50 bits per heavy atom. The minimum absolute atomic E-state index is 0.0145. The Hall–Kier alpha value is -4.72. The number of nitrogens with zero attached hydrogens (tertiary/aromatic N) is 2. The van der Waals surface area contributed by atoms with Gasteiger partial charge in [-0.15, -0.1) is 11.3 Å². The number of ether oxygens (including phenoxy) is 1. The lowest BCUT2D eigenvalue weighted by Crippen LogP contribution is -2.17. The Morgan fingerprint density at radius 2 is 1.87 bits per heavy atom. The fourth-order valence-electron chi connectivity index (χ4n) is 3.72. The van der Waals surface area contributed by atoms with Gasteiger partial charge in [0.2, 0.25) is 0 Å². The van der Waals surface area contributed by atoms with E-state index in [1.165, 1.54) is 42.7 Å². The standard InChI is InChI=1S/C24H15F4N5O4S/c25-20(26)14-8-12(16-2-1-7-36-16)17-18(19(21(29)34)38-23(17)30-14)31-22(35)15-9-13(32-33-15)10-3-5-11(6-4-10)37-24(27)28/h1-9,20,24H,(H2,29,34)(H,31,35)(H,32,33). The number of carbonyl (C=O) groups excluding carboxylic acids is 2. The third kappa shape index (κ3) is 4.80. The summed E-state index contributed by atoms with van der Waals surface area (Å²) in [4.78, 5) is 29.2. The molecule has 0 radical (unpaired) electrons. The van der Waals surface area contributed by atoms with Gasteiger partial charge in [-0.2, -0.15) is 13.9 Å². The van der Waals surface area contributed by atoms with Crippen molar-refractivity contribution >= 4 is 39.1 Å². The van der Waals surface area contributed by atoms with Crippen LogP contribution in [0.2, 0.25) is 0 Å². The van der Waals surface area contributed by atoms with Crippen LogP contribution in [0.5, 0.6) is 5.75 Å². The first-order chi connectivity index (χ1) is 18.2. The van der Waals surface area contributed by atoms with Gasteiger partial charge in [0.15, 0.2) is 0 Å². The monoisotopic (exact) mass is 545 g/mol. The number of anilines is 1. The first-order valence-electron chi connectivity index (χ1n) is 10.7. The summed E-state index contributed by atoms with van der Waals surface area (Å²) in [6.45, 7) is -2.97. The Balaban J connectivity index is 1.52. The molecule has 0 unspecified atom stereocenters. The fraction of sp³-hybridized carbons (Fsp3) is 0.0833. The van der Waals surface area contributed by atoms with Crippen LogP contribution in [-0.4, -0.2) is 33.6 Å². The molecule has 5 rings (SSSR count). The second kappa shape index (κ2) is 9.97. The first-order valence-corrected chi connectivity index (χ1v) is 11.5. The molecule has 0 fully saturated rings. The number of thiophene rings is 1. The summed E-state index contributed by atoms with van der Waals surface area (Å²) in [5.74, 6) is -1.45. The SMILES string of the molecule is NC(=O)c1sc2nc(C(F)F)cc(-c3ccco3)c2c1NC(=O)c1cc(-c2ccc(OC(F)F)cc2)n[nH]1. The van der Waals surface area contributed by atoms with Crippen LogP contribution in [0.4, 0.5) is 23.2 Å². The maximum absolute atomic E-state index is 13.5. The number of furan rings is 1. The lowest BCUT2D eigenvalue weighted by Gasteiger charge is -2.09. The number of nitrogens with two attached hydrogens (primary N) is 1. The molecular formula is C24H15F4N5O4S. The third-order valence-electron chi connectivity index (χ3n) is 5.35. The Morgan fingerprint density at radius 1 is 1.11 bits per heavy atom. The van der Waals surface area contributed by atoms with E-state index in [1.54, 1.807) is 6.07 Å². The number of nitrogens with one attached hydrogen (secondary N) is 2. The molecule has 4 N–H and O–H groups in total. The van der Waals surface area contributed by atoms with Crippen molar-refractivity contribution in [1.82, 2.24) is 15.2 Å². The third-order valence-corrected chi connectivity index (χ3v) is 6.45. The Bertz CT molecular complexity index is 1630. The summed E-state index contributed by atoms with van der Waals surface area (Å²) < 4.78 is 61.5. The van der Waals surface area contributed by atoms with Crippen molar-refractivity contribution in [2.24, 2.45) is 5.73 Å². The number of halogens is 4. The molecule has 0 bridgehead atoms. The molecule has 0 aliphatic heterocycles. The predicted octanol–water partition coefficient (Wildman–Crippen LogP) is 5.84. The zero-order valence-corrected chi connectivity index (χ0v) is 19.7. The van der Waals surface area contributed by atoms with Gasteiger partial charge in [0.05, 0.1) is 17.6 Å². The second-order valence-electron chi connectivity index (χ2n) is 7.75. The quantitative estimate of drug-likeness (QED) is 0.210. The van der Waals surface area contributed by atoms with Crippen LogP contribution >= 0.6 is 11.3 Å². The summed E-state index contributed by atoms with van der Waals surface area (Å²) in [7, 11) is 0. The van der Waals surface area contributed by atoms with Gasteiger partial charge in [0.25, 0.3) is 18.2 Å². The summed E-state index contributed by atoms with van der Waals surface area (Å²) in [6.07, 6.45) is -1.55. The Kier molecular flexibility index (Phi) is 6.55. The summed E-state index contributed by atoms with van der Waals surface area (Å²) >= 11 is 0.753. The number of aromatic nitrogens is 3. The number of aromatic amines is 1. The molecule has 4 heterocycles. The number of hydrogen-bond donors (Lipinski definition) is 3. The largest absolute Gasteiger partial charge is 0.464 e. The van der Waals surface area contributed by atoms with Gasteiger partial charge in [-0.3, -0.25) is 14.7 Å². The number of benzene rings is 1. The number of rotatable bonds is 8. The minimum Gasteiger partial charge on any atom is -0.464 e. The molecule has 38 heavy (non-hydrogen) atoms. The highest BCUT2D eigenvalue weighted by atomic mass is 32.1. The van der Waals surface area contributed by atoms with Crippen molar-refractivity contribution in [2.75, 3.05) is 5.32 Å². The van der Waals surface area contributed by atoms with Crippen molar-refractivity contribution in [3.63, 3.8) is 0 Å². The van der Waals surface area contributed by atoms with Crippen LogP contribution < -0.4 is 15.8 Å². The number of pyridine rings is 1. The molecule has 0 saturated heterocycles. The zero-order valence-electron chi connectivity index (χ0n) is 18.9. The topological polar surface area (TPSA) is 136 Å². The van der Waals surface area contributed by atoms with Gasteiger partial charge >= 0.3 is 6.61 Å². The van der Waals surface area contributed by atoms with E-state index in [2.05, 4.69) is 25.2 Å². The molecule has 0 aliphatic carbocycles. The average molecular weight is 545 g/mol. The van der Waals surface area contributed by atoms with E-state index < -0.39 is 30.5 Å². The normalized spacial score (nSPS) is 11.4. The molecule has 2 amide bonds. The molecule has 0 spiro atoms. The highest BCUT2D eigenvalue weighted by Gasteiger charge is 2.26. The molecule has 9 nitrogen and oxygen atoms in total. The van der Waals surface area contributed by atoms with E-state index >= 15 is 0 Å². The number of amides is 2. The van der Waals surface area contributed by atoms with E-state index in [-0.39, 0.29) is 43.5 Å². The van der Waals surface area contributed by atoms with Crippen LogP contribution in [0.15, 0.2) is 59.2 Å². The number of primary amides is 1. The zero-order chi connectivity index (χ0) is 27.0. The molecule has 0 saturated carbocycles. The van der Waals surface area contributed by atoms with Crippen LogP contribution in [0, 0.1) is 0 Å². The molecule has 1 aromatic carbocycles. The highest BCUT2D eigenvalue weighted by Crippen LogP contribution is 2.42. The average Bonchev–Trinajstić information content (AvgIpc) is 3.64. The van der Waals surface area contributed by atoms with E-state index in [0.29, 0.717) is 11.3 Å². The van der Waals surface area contributed by atoms with E-state index in [4.69, 9.17) is 10.2 Å². The van der Waals surface area contributed by atoms with Crippen LogP contribution in [0.1, 0.15) is 32.3 Å². The number of alkyl halides is 4. The van der Waals surface area contributed by atoms with Gasteiger partial charge in [0, 0.05) is 16.5 Å². The molecule has 0 aliphatic rings. The molecule has 5 aromatic rings. The number of hydrogen-bond acceptors (Lipinski definition) is 7. The minimum atomic E-state index is -2.97. The van der Waals surface area contributed by atoms with Gasteiger partial charge in [0.1, 0.15) is 32.6 Å². The van der Waals surface area contributed by atoms with Crippen LogP contribution in [0.3, 0.4) is 0 Å². The smallest absolute Gasteiger partial charge is 0.387 e. The highest BCUT2D eigenvalue weighted by molar-refractivity contribution is 7.21. The van der Waals surface area contributed by atoms with Crippen LogP contribution in [-0.2, 0) is 0 Å². The van der Waals surface area contributed by atoms with E-state index in [1.807, 2.05) is 0 Å². The first kappa shape index (κ1) is 25.0. The maximum Gasteiger partial charge on any atom is 0.387 e. The predicted molar refractivity (Wildman–Crippen MR) is 129 cm³/mol. The summed E-state index contributed by atoms with van der Waals surface area (Å²) in [6, 6.07) is 11.2. The van der Waals surface area contributed by atoms with E-state index in [9.17, 15) is 27.2 Å². The lowest BCUT2D eigenvalue weighted by atomic mass is 10.1.